The number of fused-ring (bicyclic) bond motifs is 1. The van der Waals surface area contributed by atoms with Gasteiger partial charge in [0.1, 0.15) is 11.7 Å². The molecule has 1 aromatic carbocycles. The molecule has 0 aliphatic carbocycles. The summed E-state index contributed by atoms with van der Waals surface area (Å²) in [4.78, 5) is 26.2. The summed E-state index contributed by atoms with van der Waals surface area (Å²) in [6.45, 7) is 5.57. The molecule has 0 bridgehead atoms. The number of nitrogens with zero attached hydrogens (tertiary/aromatic N) is 5. The number of ether oxygens (including phenoxy) is 1. The van der Waals surface area contributed by atoms with Crippen LogP contribution in [0.4, 0.5) is 0 Å². The fourth-order valence-corrected chi connectivity index (χ4v) is 4.42. The first-order valence-electron chi connectivity index (χ1n) is 12.1. The predicted octanol–water partition coefficient (Wildman–Crippen LogP) is 3.37. The molecule has 186 valence electrons. The number of rotatable bonds is 7. The second kappa shape index (κ2) is 11.3. The lowest BCUT2D eigenvalue weighted by atomic mass is 9.98. The van der Waals surface area contributed by atoms with Gasteiger partial charge < -0.3 is 14.7 Å². The van der Waals surface area contributed by atoms with Gasteiger partial charge in [0.2, 0.25) is 5.88 Å². The summed E-state index contributed by atoms with van der Waals surface area (Å²) >= 11 is 0. The molecule has 8 nitrogen and oxygen atoms in total. The van der Waals surface area contributed by atoms with Crippen LogP contribution < -0.4 is 4.74 Å². The van der Waals surface area contributed by atoms with Crippen LogP contribution in [0.5, 0.6) is 5.88 Å². The van der Waals surface area contributed by atoms with E-state index in [0.29, 0.717) is 24.2 Å². The molecule has 36 heavy (non-hydrogen) atoms. The number of aliphatic hydroxyl groups is 1. The van der Waals surface area contributed by atoms with E-state index in [0.717, 1.165) is 23.2 Å². The fourth-order valence-electron chi connectivity index (χ4n) is 4.42. The normalized spacial score (nSPS) is 18.6. The number of hydrogen-bond acceptors (Lipinski definition) is 7. The second-order valence-corrected chi connectivity index (χ2v) is 9.44. The standard InChI is InChI=1S/C28H31N5O3/c1-19-15-33(20(2)18-34)28(35)25-12-24(23-6-4-5-22(11-23)13-29)14-31-27(25)36-26(19)17-32(3)16-21-7-9-30-10-8-21/h4-12,14,19-20,26,34H,15-18H2,1-3H3/t19-,20-,26+/m0/s1. The predicted molar refractivity (Wildman–Crippen MR) is 136 cm³/mol. The Labute approximate surface area is 211 Å². The van der Waals surface area contributed by atoms with Crippen molar-refractivity contribution in [1.29, 1.82) is 5.26 Å². The molecule has 3 atom stereocenters. The van der Waals surface area contributed by atoms with Gasteiger partial charge >= 0.3 is 0 Å². The summed E-state index contributed by atoms with van der Waals surface area (Å²) in [5.41, 5.74) is 3.55. The topological polar surface area (TPSA) is 103 Å². The highest BCUT2D eigenvalue weighted by Gasteiger charge is 2.34. The van der Waals surface area contributed by atoms with Crippen molar-refractivity contribution >= 4 is 5.91 Å². The van der Waals surface area contributed by atoms with E-state index in [9.17, 15) is 15.2 Å². The maximum absolute atomic E-state index is 13.6. The summed E-state index contributed by atoms with van der Waals surface area (Å²) < 4.78 is 6.40. The lowest BCUT2D eigenvalue weighted by Gasteiger charge is -2.37. The highest BCUT2D eigenvalue weighted by atomic mass is 16.5. The van der Waals surface area contributed by atoms with E-state index in [1.165, 1.54) is 0 Å². The van der Waals surface area contributed by atoms with Crippen LogP contribution in [-0.2, 0) is 6.54 Å². The average molecular weight is 486 g/mol. The van der Waals surface area contributed by atoms with Crippen LogP contribution in [-0.4, -0.2) is 69.7 Å². The fraction of sp³-hybridized carbons (Fsp3) is 0.357. The van der Waals surface area contributed by atoms with E-state index in [2.05, 4.69) is 27.9 Å². The quantitative estimate of drug-likeness (QED) is 0.547. The number of nitriles is 1. The first-order valence-corrected chi connectivity index (χ1v) is 12.1. The van der Waals surface area contributed by atoms with Crippen molar-refractivity contribution in [3.63, 3.8) is 0 Å². The van der Waals surface area contributed by atoms with Crippen molar-refractivity contribution in [3.05, 3.63) is 77.7 Å². The highest BCUT2D eigenvalue weighted by molar-refractivity contribution is 5.98. The van der Waals surface area contributed by atoms with Crippen molar-refractivity contribution in [2.24, 2.45) is 5.92 Å². The minimum absolute atomic E-state index is 0.00442. The number of likely N-dealkylation sites (N-methyl/N-ethyl adjacent to an activating group) is 1. The monoisotopic (exact) mass is 485 g/mol. The molecule has 0 fully saturated rings. The van der Waals surface area contributed by atoms with Crippen LogP contribution in [0.3, 0.4) is 0 Å². The number of benzene rings is 1. The van der Waals surface area contributed by atoms with E-state index in [-0.39, 0.29) is 36.5 Å². The van der Waals surface area contributed by atoms with Crippen LogP contribution in [0.25, 0.3) is 11.1 Å². The van der Waals surface area contributed by atoms with Gasteiger partial charge in [0.25, 0.3) is 5.91 Å². The largest absolute Gasteiger partial charge is 0.472 e. The number of aliphatic hydroxyl groups excluding tert-OH is 1. The first-order chi connectivity index (χ1) is 17.4. The Morgan fingerprint density at radius 1 is 1.25 bits per heavy atom. The van der Waals surface area contributed by atoms with Crippen LogP contribution in [0.2, 0.25) is 0 Å². The zero-order valence-electron chi connectivity index (χ0n) is 20.8. The van der Waals surface area contributed by atoms with E-state index in [1.807, 2.05) is 32.2 Å². The minimum atomic E-state index is -0.355. The molecule has 1 amide bonds. The molecule has 0 radical (unpaired) electrons. The Bertz CT molecular complexity index is 1240. The van der Waals surface area contributed by atoms with Gasteiger partial charge in [0.05, 0.1) is 24.3 Å². The Morgan fingerprint density at radius 2 is 2.03 bits per heavy atom. The van der Waals surface area contributed by atoms with Crippen molar-refractivity contribution in [2.75, 3.05) is 26.7 Å². The average Bonchev–Trinajstić information content (AvgIpc) is 2.90. The third-order valence-corrected chi connectivity index (χ3v) is 6.54. The van der Waals surface area contributed by atoms with Gasteiger partial charge in [0, 0.05) is 49.7 Å². The van der Waals surface area contributed by atoms with Crippen molar-refractivity contribution in [2.45, 2.75) is 32.5 Å². The molecule has 1 aliphatic heterocycles. The molecular formula is C28H31N5O3. The second-order valence-electron chi connectivity index (χ2n) is 9.44. The van der Waals surface area contributed by atoms with Crippen LogP contribution >= 0.6 is 0 Å². The smallest absolute Gasteiger partial charge is 0.259 e. The molecule has 8 heteroatoms. The zero-order valence-corrected chi connectivity index (χ0v) is 20.8. The molecule has 2 aromatic heterocycles. The molecule has 1 N–H and O–H groups in total. The molecule has 0 unspecified atom stereocenters. The summed E-state index contributed by atoms with van der Waals surface area (Å²) in [7, 11) is 2.04. The maximum Gasteiger partial charge on any atom is 0.259 e. The SMILES string of the molecule is C[C@H]1CN([C@@H](C)CO)C(=O)c2cc(-c3cccc(C#N)c3)cnc2O[C@@H]1CN(C)Cc1ccncc1. The number of hydrogen-bond donors (Lipinski definition) is 1. The first kappa shape index (κ1) is 25.3. The third kappa shape index (κ3) is 5.70. The number of amides is 1. The summed E-state index contributed by atoms with van der Waals surface area (Å²) in [6.07, 6.45) is 5.01. The Morgan fingerprint density at radius 3 is 2.75 bits per heavy atom. The summed E-state index contributed by atoms with van der Waals surface area (Å²) in [5.74, 6) is 0.0572. The molecule has 3 heterocycles. The van der Waals surface area contributed by atoms with E-state index in [1.54, 1.807) is 47.8 Å². The zero-order chi connectivity index (χ0) is 25.7. The lowest BCUT2D eigenvalue weighted by molar-refractivity contribution is 0.0325. The number of carbonyl (C=O) groups is 1. The Balaban J connectivity index is 1.67. The molecule has 1 aliphatic rings. The number of aromatic nitrogens is 2. The lowest BCUT2D eigenvalue weighted by Crippen LogP contribution is -2.49. The van der Waals surface area contributed by atoms with E-state index >= 15 is 0 Å². The Kier molecular flexibility index (Phi) is 7.93. The molecule has 3 aromatic rings. The van der Waals surface area contributed by atoms with Gasteiger partial charge in [-0.05, 0) is 55.4 Å². The van der Waals surface area contributed by atoms with Gasteiger partial charge in [-0.3, -0.25) is 14.7 Å². The third-order valence-electron chi connectivity index (χ3n) is 6.54. The van der Waals surface area contributed by atoms with Gasteiger partial charge in [0.15, 0.2) is 0 Å². The molecule has 4 rings (SSSR count). The number of carbonyl (C=O) groups excluding carboxylic acids is 1. The molecule has 0 saturated heterocycles. The van der Waals surface area contributed by atoms with Gasteiger partial charge in [-0.1, -0.05) is 19.1 Å². The van der Waals surface area contributed by atoms with E-state index in [4.69, 9.17) is 4.74 Å². The maximum atomic E-state index is 13.6. The van der Waals surface area contributed by atoms with Gasteiger partial charge in [-0.2, -0.15) is 5.26 Å². The van der Waals surface area contributed by atoms with E-state index < -0.39 is 0 Å². The summed E-state index contributed by atoms with van der Waals surface area (Å²) in [5, 5.41) is 19.2. The van der Waals surface area contributed by atoms with Gasteiger partial charge in [-0.25, -0.2) is 4.98 Å². The number of pyridine rings is 2. The highest BCUT2D eigenvalue weighted by Crippen LogP contribution is 2.30. The van der Waals surface area contributed by atoms with Crippen molar-refractivity contribution in [1.82, 2.24) is 19.8 Å². The molecular weight excluding hydrogens is 454 g/mol. The van der Waals surface area contributed by atoms with Crippen LogP contribution in [0.15, 0.2) is 61.1 Å². The van der Waals surface area contributed by atoms with Crippen molar-refractivity contribution < 1.29 is 14.6 Å². The van der Waals surface area contributed by atoms with Crippen LogP contribution in [0.1, 0.15) is 35.3 Å². The van der Waals surface area contributed by atoms with Crippen LogP contribution in [0, 0.1) is 17.2 Å². The molecule has 0 saturated carbocycles. The Hall–Kier alpha value is -3.80. The summed E-state index contributed by atoms with van der Waals surface area (Å²) in [6, 6.07) is 14.7. The van der Waals surface area contributed by atoms with Crippen molar-refractivity contribution in [3.8, 4) is 23.1 Å². The van der Waals surface area contributed by atoms with Gasteiger partial charge in [-0.15, -0.1) is 0 Å². The molecule has 0 spiro atoms. The minimum Gasteiger partial charge on any atom is -0.472 e.